The Morgan fingerprint density at radius 3 is 2.64 bits per heavy atom. The Morgan fingerprint density at radius 1 is 1.20 bits per heavy atom. The first-order valence-corrected chi connectivity index (χ1v) is 7.70. The predicted octanol–water partition coefficient (Wildman–Crippen LogP) is 3.58. The standard InChI is InChI=1S/C19H16FNO4/c1-3-24-16-6-4-5-13(17(16)23-2)11-15-19(22)25-18(21-15)12-7-9-14(20)10-8-12/h4-11H,3H2,1-2H3. The van der Waals surface area contributed by atoms with Gasteiger partial charge in [0.2, 0.25) is 5.90 Å². The molecule has 0 spiro atoms. The van der Waals surface area contributed by atoms with E-state index in [9.17, 15) is 9.18 Å². The van der Waals surface area contributed by atoms with Crippen LogP contribution in [-0.2, 0) is 9.53 Å². The van der Waals surface area contributed by atoms with E-state index in [-0.39, 0.29) is 17.4 Å². The molecular formula is C19H16FNO4. The van der Waals surface area contributed by atoms with Crippen LogP contribution in [0.4, 0.5) is 4.39 Å². The highest BCUT2D eigenvalue weighted by molar-refractivity contribution is 6.12. The van der Waals surface area contributed by atoms with Crippen molar-refractivity contribution in [2.75, 3.05) is 13.7 Å². The lowest BCUT2D eigenvalue weighted by molar-refractivity contribution is -0.129. The van der Waals surface area contributed by atoms with Crippen LogP contribution < -0.4 is 9.47 Å². The first-order chi connectivity index (χ1) is 12.1. The molecule has 0 amide bonds. The molecule has 0 saturated heterocycles. The monoisotopic (exact) mass is 341 g/mol. The van der Waals surface area contributed by atoms with E-state index in [0.29, 0.717) is 29.2 Å². The maximum absolute atomic E-state index is 13.0. The number of ether oxygens (including phenoxy) is 3. The molecule has 2 aromatic carbocycles. The van der Waals surface area contributed by atoms with Gasteiger partial charge in [0.1, 0.15) is 5.82 Å². The third kappa shape index (κ3) is 3.52. The molecule has 2 aromatic rings. The summed E-state index contributed by atoms with van der Waals surface area (Å²) in [4.78, 5) is 16.3. The van der Waals surface area contributed by atoms with Crippen LogP contribution in [-0.4, -0.2) is 25.6 Å². The Kier molecular flexibility index (Phi) is 4.79. The molecule has 1 aliphatic heterocycles. The molecule has 3 rings (SSSR count). The minimum atomic E-state index is -0.580. The fourth-order valence-electron chi connectivity index (χ4n) is 2.41. The summed E-state index contributed by atoms with van der Waals surface area (Å²) in [6, 6.07) is 10.9. The number of para-hydroxylation sites is 1. The molecule has 0 atom stereocenters. The fourth-order valence-corrected chi connectivity index (χ4v) is 2.41. The second kappa shape index (κ2) is 7.17. The van der Waals surface area contributed by atoms with Crippen LogP contribution in [0.3, 0.4) is 0 Å². The Morgan fingerprint density at radius 2 is 1.96 bits per heavy atom. The third-order valence-electron chi connectivity index (χ3n) is 3.52. The first kappa shape index (κ1) is 16.7. The smallest absolute Gasteiger partial charge is 0.363 e. The summed E-state index contributed by atoms with van der Waals surface area (Å²) in [5, 5.41) is 0. The number of aliphatic imine (C=N–C) groups is 1. The molecule has 0 N–H and O–H groups in total. The molecule has 25 heavy (non-hydrogen) atoms. The van der Waals surface area contributed by atoms with Crippen molar-refractivity contribution in [3.63, 3.8) is 0 Å². The summed E-state index contributed by atoms with van der Waals surface area (Å²) >= 11 is 0. The molecule has 1 heterocycles. The number of esters is 1. The van der Waals surface area contributed by atoms with Crippen LogP contribution in [0.15, 0.2) is 53.2 Å². The predicted molar refractivity (Wildman–Crippen MR) is 91.2 cm³/mol. The van der Waals surface area contributed by atoms with E-state index in [0.717, 1.165) is 0 Å². The zero-order valence-electron chi connectivity index (χ0n) is 13.8. The van der Waals surface area contributed by atoms with Crippen LogP contribution in [0.25, 0.3) is 6.08 Å². The normalized spacial score (nSPS) is 15.1. The maximum Gasteiger partial charge on any atom is 0.363 e. The molecule has 5 nitrogen and oxygen atoms in total. The van der Waals surface area contributed by atoms with Gasteiger partial charge in [0.25, 0.3) is 0 Å². The summed E-state index contributed by atoms with van der Waals surface area (Å²) in [6.07, 6.45) is 1.57. The van der Waals surface area contributed by atoms with Gasteiger partial charge in [-0.2, -0.15) is 0 Å². The molecule has 128 valence electrons. The van der Waals surface area contributed by atoms with Gasteiger partial charge in [-0.3, -0.25) is 0 Å². The molecular weight excluding hydrogens is 325 g/mol. The topological polar surface area (TPSA) is 57.1 Å². The largest absolute Gasteiger partial charge is 0.492 e. The zero-order chi connectivity index (χ0) is 17.8. The maximum atomic E-state index is 13.0. The highest BCUT2D eigenvalue weighted by atomic mass is 19.1. The number of carbonyl (C=O) groups excluding carboxylic acids is 1. The van der Waals surface area contributed by atoms with Crippen molar-refractivity contribution >= 4 is 17.9 Å². The van der Waals surface area contributed by atoms with Crippen LogP contribution in [0, 0.1) is 5.82 Å². The summed E-state index contributed by atoms with van der Waals surface area (Å²) in [6.45, 7) is 2.36. The van der Waals surface area contributed by atoms with Crippen molar-refractivity contribution in [3.8, 4) is 11.5 Å². The van der Waals surface area contributed by atoms with Gasteiger partial charge in [0, 0.05) is 11.1 Å². The lowest BCUT2D eigenvalue weighted by Crippen LogP contribution is -2.05. The van der Waals surface area contributed by atoms with Crippen LogP contribution in [0.2, 0.25) is 0 Å². The second-order valence-corrected chi connectivity index (χ2v) is 5.15. The van der Waals surface area contributed by atoms with Crippen molar-refractivity contribution in [2.24, 2.45) is 4.99 Å². The number of nitrogens with zero attached hydrogens (tertiary/aromatic N) is 1. The summed E-state index contributed by atoms with van der Waals surface area (Å²) in [7, 11) is 1.53. The molecule has 0 saturated carbocycles. The van der Waals surface area contributed by atoms with E-state index >= 15 is 0 Å². The minimum absolute atomic E-state index is 0.131. The van der Waals surface area contributed by atoms with Gasteiger partial charge in [-0.1, -0.05) is 12.1 Å². The lowest BCUT2D eigenvalue weighted by Gasteiger charge is -2.11. The van der Waals surface area contributed by atoms with Crippen molar-refractivity contribution in [1.29, 1.82) is 0 Å². The summed E-state index contributed by atoms with van der Waals surface area (Å²) < 4.78 is 29.1. The van der Waals surface area contributed by atoms with E-state index in [2.05, 4.69) is 4.99 Å². The van der Waals surface area contributed by atoms with Crippen molar-refractivity contribution < 1.29 is 23.4 Å². The molecule has 0 aliphatic carbocycles. The average Bonchev–Trinajstić information content (AvgIpc) is 2.97. The summed E-state index contributed by atoms with van der Waals surface area (Å²) in [5.74, 6) is 0.268. The number of cyclic esters (lactones) is 1. The number of rotatable bonds is 5. The Hall–Kier alpha value is -3.15. The van der Waals surface area contributed by atoms with Gasteiger partial charge in [0.15, 0.2) is 17.2 Å². The molecule has 0 bridgehead atoms. The van der Waals surface area contributed by atoms with E-state index < -0.39 is 5.97 Å². The molecule has 6 heteroatoms. The van der Waals surface area contributed by atoms with Gasteiger partial charge in [-0.05, 0) is 43.3 Å². The van der Waals surface area contributed by atoms with Crippen molar-refractivity contribution in [1.82, 2.24) is 0 Å². The second-order valence-electron chi connectivity index (χ2n) is 5.15. The number of halogens is 1. The molecule has 0 radical (unpaired) electrons. The number of benzene rings is 2. The van der Waals surface area contributed by atoms with Crippen LogP contribution >= 0.6 is 0 Å². The van der Waals surface area contributed by atoms with E-state index in [4.69, 9.17) is 14.2 Å². The Labute approximate surface area is 144 Å². The highest BCUT2D eigenvalue weighted by Crippen LogP contribution is 2.33. The molecule has 1 aliphatic rings. The van der Waals surface area contributed by atoms with Crippen LogP contribution in [0.5, 0.6) is 11.5 Å². The average molecular weight is 341 g/mol. The number of hydrogen-bond donors (Lipinski definition) is 0. The minimum Gasteiger partial charge on any atom is -0.492 e. The molecule has 0 fully saturated rings. The van der Waals surface area contributed by atoms with Crippen molar-refractivity contribution in [2.45, 2.75) is 6.92 Å². The summed E-state index contributed by atoms with van der Waals surface area (Å²) in [5.41, 5.74) is 1.30. The Balaban J connectivity index is 1.97. The number of methoxy groups -OCH3 is 1. The zero-order valence-corrected chi connectivity index (χ0v) is 13.8. The molecule has 0 aromatic heterocycles. The fraction of sp³-hybridized carbons (Fsp3) is 0.158. The number of hydrogen-bond acceptors (Lipinski definition) is 5. The Bertz CT molecular complexity index is 856. The first-order valence-electron chi connectivity index (χ1n) is 7.70. The van der Waals surface area contributed by atoms with Gasteiger partial charge in [-0.15, -0.1) is 0 Å². The van der Waals surface area contributed by atoms with Crippen LogP contribution in [0.1, 0.15) is 18.1 Å². The van der Waals surface area contributed by atoms with Gasteiger partial charge < -0.3 is 14.2 Å². The van der Waals surface area contributed by atoms with E-state index in [1.165, 1.54) is 31.4 Å². The van der Waals surface area contributed by atoms with Crippen molar-refractivity contribution in [3.05, 3.63) is 65.1 Å². The third-order valence-corrected chi connectivity index (χ3v) is 3.52. The number of carbonyl (C=O) groups is 1. The van der Waals surface area contributed by atoms with Gasteiger partial charge >= 0.3 is 5.97 Å². The lowest BCUT2D eigenvalue weighted by atomic mass is 10.1. The highest BCUT2D eigenvalue weighted by Gasteiger charge is 2.25. The molecule has 0 unspecified atom stereocenters. The van der Waals surface area contributed by atoms with E-state index in [1.54, 1.807) is 24.3 Å². The van der Waals surface area contributed by atoms with Gasteiger partial charge in [0.05, 0.1) is 13.7 Å². The van der Waals surface area contributed by atoms with E-state index in [1.807, 2.05) is 6.92 Å². The SMILES string of the molecule is CCOc1cccc(C=C2N=C(c3ccc(F)cc3)OC2=O)c1OC. The quantitative estimate of drug-likeness (QED) is 0.616. The van der Waals surface area contributed by atoms with Gasteiger partial charge in [-0.25, -0.2) is 14.2 Å².